The largest absolute Gasteiger partial charge is 0.378 e. The highest BCUT2D eigenvalue weighted by Crippen LogP contribution is 2.35. The Bertz CT molecular complexity index is 404. The van der Waals surface area contributed by atoms with Gasteiger partial charge >= 0.3 is 0 Å². The van der Waals surface area contributed by atoms with Gasteiger partial charge in [-0.3, -0.25) is 9.80 Å². The highest BCUT2D eigenvalue weighted by molar-refractivity contribution is 5.03. The highest BCUT2D eigenvalue weighted by atomic mass is 16.6. The van der Waals surface area contributed by atoms with Gasteiger partial charge in [-0.2, -0.15) is 5.26 Å². The maximum atomic E-state index is 9.26. The molecule has 2 unspecified atom stereocenters. The fourth-order valence-electron chi connectivity index (χ4n) is 3.89. The number of nitriles is 1. The van der Waals surface area contributed by atoms with Crippen LogP contribution in [0.2, 0.25) is 0 Å². The Morgan fingerprint density at radius 1 is 1.19 bits per heavy atom. The van der Waals surface area contributed by atoms with Gasteiger partial charge in [0.15, 0.2) is 0 Å². The van der Waals surface area contributed by atoms with Gasteiger partial charge in [0.2, 0.25) is 0 Å². The molecule has 5 nitrogen and oxygen atoms in total. The van der Waals surface area contributed by atoms with E-state index in [-0.39, 0.29) is 11.1 Å². The Hall–Kier alpha value is -0.670. The van der Waals surface area contributed by atoms with E-state index in [0.29, 0.717) is 6.04 Å². The smallest absolute Gasteiger partial charge is 0.103 e. The lowest BCUT2D eigenvalue weighted by atomic mass is 9.88. The fraction of sp³-hybridized carbons (Fsp3) is 0.938. The first-order valence-electron chi connectivity index (χ1n) is 8.17. The molecule has 0 aliphatic carbocycles. The van der Waals surface area contributed by atoms with Crippen molar-refractivity contribution < 1.29 is 9.47 Å². The van der Waals surface area contributed by atoms with Crippen molar-refractivity contribution in [2.75, 3.05) is 46.0 Å². The summed E-state index contributed by atoms with van der Waals surface area (Å²) in [5, 5.41) is 9.26. The zero-order chi connectivity index (χ0) is 14.9. The zero-order valence-corrected chi connectivity index (χ0v) is 13.3. The molecule has 3 heterocycles. The van der Waals surface area contributed by atoms with Crippen molar-refractivity contribution in [3.63, 3.8) is 0 Å². The minimum atomic E-state index is -0.345. The number of hydrogen-bond donors (Lipinski definition) is 0. The van der Waals surface area contributed by atoms with Crippen molar-refractivity contribution in [2.45, 2.75) is 50.3 Å². The summed E-state index contributed by atoms with van der Waals surface area (Å²) in [4.78, 5) is 4.91. The van der Waals surface area contributed by atoms with E-state index in [1.165, 1.54) is 0 Å². The van der Waals surface area contributed by atoms with Crippen LogP contribution in [0.5, 0.6) is 0 Å². The van der Waals surface area contributed by atoms with Gasteiger partial charge in [-0.1, -0.05) is 0 Å². The lowest BCUT2D eigenvalue weighted by Gasteiger charge is -2.47. The zero-order valence-electron chi connectivity index (χ0n) is 13.3. The first-order valence-corrected chi connectivity index (χ1v) is 8.17. The summed E-state index contributed by atoms with van der Waals surface area (Å²) < 4.78 is 11.6. The molecule has 21 heavy (non-hydrogen) atoms. The second kappa shape index (κ2) is 5.85. The van der Waals surface area contributed by atoms with Crippen LogP contribution in [0.25, 0.3) is 0 Å². The van der Waals surface area contributed by atoms with Gasteiger partial charge in [0.25, 0.3) is 0 Å². The summed E-state index contributed by atoms with van der Waals surface area (Å²) in [5.74, 6) is 0. The second-order valence-electron chi connectivity index (χ2n) is 7.17. The average molecular weight is 293 g/mol. The quantitative estimate of drug-likeness (QED) is 0.767. The lowest BCUT2D eigenvalue weighted by Crippen LogP contribution is -2.58. The normalized spacial score (nSPS) is 36.0. The maximum Gasteiger partial charge on any atom is 0.103 e. The number of ether oxygens (including phenoxy) is 2. The van der Waals surface area contributed by atoms with Crippen molar-refractivity contribution in [2.24, 2.45) is 0 Å². The Morgan fingerprint density at radius 2 is 1.95 bits per heavy atom. The van der Waals surface area contributed by atoms with E-state index in [9.17, 15) is 5.26 Å². The first-order chi connectivity index (χ1) is 10.0. The number of nitrogens with zero attached hydrogens (tertiary/aromatic N) is 3. The van der Waals surface area contributed by atoms with Crippen molar-refractivity contribution in [3.8, 4) is 6.07 Å². The van der Waals surface area contributed by atoms with E-state index in [1.54, 1.807) is 0 Å². The molecule has 5 heteroatoms. The average Bonchev–Trinajstić information content (AvgIpc) is 2.95. The SMILES string of the molecule is CC(C)(C#N)N1CCN(C2CCOC3(CCOC3)C2)CC1. The standard InChI is InChI=1S/C16H27N3O2/c1-15(2,12-17)19-7-5-18(6-8-19)14-3-9-21-16(11-14)4-10-20-13-16/h14H,3-11,13H2,1-2H3. The van der Waals surface area contributed by atoms with Crippen LogP contribution in [0.3, 0.4) is 0 Å². The summed E-state index contributed by atoms with van der Waals surface area (Å²) >= 11 is 0. The molecule has 0 saturated carbocycles. The molecule has 0 aromatic rings. The van der Waals surface area contributed by atoms with Crippen molar-refractivity contribution in [1.82, 2.24) is 9.80 Å². The van der Waals surface area contributed by atoms with Crippen LogP contribution < -0.4 is 0 Å². The van der Waals surface area contributed by atoms with Crippen molar-refractivity contribution >= 4 is 0 Å². The highest BCUT2D eigenvalue weighted by Gasteiger charge is 2.43. The van der Waals surface area contributed by atoms with Crippen LogP contribution in [0.15, 0.2) is 0 Å². The van der Waals surface area contributed by atoms with Crippen molar-refractivity contribution in [1.29, 1.82) is 5.26 Å². The van der Waals surface area contributed by atoms with Crippen LogP contribution in [0.4, 0.5) is 0 Å². The first kappa shape index (κ1) is 15.2. The molecule has 1 spiro atoms. The predicted molar refractivity (Wildman–Crippen MR) is 80.0 cm³/mol. The van der Waals surface area contributed by atoms with Gasteiger partial charge in [-0.25, -0.2) is 0 Å². The fourth-order valence-corrected chi connectivity index (χ4v) is 3.89. The van der Waals surface area contributed by atoms with Crippen LogP contribution in [0, 0.1) is 11.3 Å². The van der Waals surface area contributed by atoms with Gasteiger partial charge in [0.1, 0.15) is 5.54 Å². The van der Waals surface area contributed by atoms with Crippen molar-refractivity contribution in [3.05, 3.63) is 0 Å². The molecule has 3 fully saturated rings. The molecule has 118 valence electrons. The Labute approximate surface area is 127 Å². The van der Waals surface area contributed by atoms with E-state index >= 15 is 0 Å². The summed E-state index contributed by atoms with van der Waals surface area (Å²) in [6, 6.07) is 3.03. The number of piperazine rings is 1. The molecule has 3 aliphatic heterocycles. The molecule has 3 rings (SSSR count). The molecule has 0 aromatic carbocycles. The maximum absolute atomic E-state index is 9.26. The van der Waals surface area contributed by atoms with Crippen LogP contribution in [-0.2, 0) is 9.47 Å². The van der Waals surface area contributed by atoms with E-state index in [4.69, 9.17) is 9.47 Å². The molecule has 0 amide bonds. The molecular formula is C16H27N3O2. The van der Waals surface area contributed by atoms with Gasteiger partial charge in [-0.05, 0) is 26.7 Å². The third-order valence-corrected chi connectivity index (χ3v) is 5.43. The summed E-state index contributed by atoms with van der Waals surface area (Å²) in [6.45, 7) is 10.6. The number of rotatable bonds is 2. The monoisotopic (exact) mass is 293 g/mol. The van der Waals surface area contributed by atoms with E-state index < -0.39 is 0 Å². The predicted octanol–water partition coefficient (Wildman–Crippen LogP) is 1.24. The lowest BCUT2D eigenvalue weighted by molar-refractivity contribution is -0.111. The van der Waals surface area contributed by atoms with Crippen LogP contribution in [-0.4, -0.2) is 73.0 Å². The minimum absolute atomic E-state index is 0.00796. The molecule has 0 radical (unpaired) electrons. The second-order valence-corrected chi connectivity index (χ2v) is 7.17. The third-order valence-electron chi connectivity index (χ3n) is 5.43. The Kier molecular flexibility index (Phi) is 4.24. The van der Waals surface area contributed by atoms with E-state index in [2.05, 4.69) is 15.9 Å². The van der Waals surface area contributed by atoms with E-state index in [0.717, 1.165) is 65.3 Å². The van der Waals surface area contributed by atoms with Crippen LogP contribution >= 0.6 is 0 Å². The minimum Gasteiger partial charge on any atom is -0.378 e. The van der Waals surface area contributed by atoms with Crippen LogP contribution in [0.1, 0.15) is 33.1 Å². The summed E-state index contributed by atoms with van der Waals surface area (Å²) in [5.41, 5.74) is -0.353. The van der Waals surface area contributed by atoms with Gasteiger partial charge < -0.3 is 9.47 Å². The Morgan fingerprint density at radius 3 is 2.57 bits per heavy atom. The van der Waals surface area contributed by atoms with Gasteiger partial charge in [-0.15, -0.1) is 0 Å². The molecule has 3 aliphatic rings. The molecule has 0 bridgehead atoms. The number of hydrogen-bond acceptors (Lipinski definition) is 5. The molecule has 2 atom stereocenters. The molecule has 3 saturated heterocycles. The molecular weight excluding hydrogens is 266 g/mol. The molecule has 0 N–H and O–H groups in total. The summed E-state index contributed by atoms with van der Waals surface area (Å²) in [6.07, 6.45) is 3.28. The summed E-state index contributed by atoms with van der Waals surface area (Å²) in [7, 11) is 0. The van der Waals surface area contributed by atoms with Gasteiger partial charge in [0, 0.05) is 51.9 Å². The van der Waals surface area contributed by atoms with Gasteiger partial charge in [0.05, 0.1) is 18.3 Å². The van der Waals surface area contributed by atoms with E-state index in [1.807, 2.05) is 13.8 Å². The molecule has 0 aromatic heterocycles. The topological polar surface area (TPSA) is 48.7 Å². The Balaban J connectivity index is 1.56. The third kappa shape index (κ3) is 3.09.